The van der Waals surface area contributed by atoms with Gasteiger partial charge in [0.1, 0.15) is 0 Å². The lowest BCUT2D eigenvalue weighted by Gasteiger charge is -2.28. The van der Waals surface area contributed by atoms with Gasteiger partial charge in [-0.05, 0) is 35.4 Å². The lowest BCUT2D eigenvalue weighted by molar-refractivity contribution is -0.122. The van der Waals surface area contributed by atoms with Crippen LogP contribution in [0.3, 0.4) is 0 Å². The Bertz CT molecular complexity index is 818. The smallest absolute Gasteiger partial charge is 0.222 e. The van der Waals surface area contributed by atoms with E-state index in [0.29, 0.717) is 11.6 Å². The number of halogens is 1. The first-order chi connectivity index (χ1) is 14.0. The minimum Gasteiger partial charge on any atom is -0.378 e. The molecule has 0 saturated carbocycles. The molecule has 29 heavy (non-hydrogen) atoms. The number of hydrogen-bond donors (Lipinski definition) is 2. The number of hydrogen-bond acceptors (Lipinski definition) is 4. The van der Waals surface area contributed by atoms with Gasteiger partial charge in [-0.15, -0.1) is 0 Å². The topological polar surface area (TPSA) is 70.7 Å². The molecule has 154 valence electrons. The Morgan fingerprint density at radius 3 is 2.34 bits per heavy atom. The van der Waals surface area contributed by atoms with Crippen LogP contribution < -0.4 is 15.5 Å². The third-order valence-electron chi connectivity index (χ3n) is 4.84. The maximum atomic E-state index is 12.5. The van der Waals surface area contributed by atoms with Crippen LogP contribution in [0.15, 0.2) is 48.5 Å². The largest absolute Gasteiger partial charge is 0.378 e. The molecule has 2 aromatic carbocycles. The quantitative estimate of drug-likeness (QED) is 0.729. The first kappa shape index (κ1) is 21.1. The van der Waals surface area contributed by atoms with Gasteiger partial charge in [-0.2, -0.15) is 0 Å². The van der Waals surface area contributed by atoms with Gasteiger partial charge in [-0.1, -0.05) is 35.9 Å². The maximum absolute atomic E-state index is 12.5. The lowest BCUT2D eigenvalue weighted by atomic mass is 10.0. The number of nitrogens with zero attached hydrogens (tertiary/aromatic N) is 1. The molecule has 1 aliphatic heterocycles. The minimum atomic E-state index is -0.395. The predicted molar refractivity (Wildman–Crippen MR) is 114 cm³/mol. The number of ether oxygens (including phenoxy) is 1. The van der Waals surface area contributed by atoms with Crippen LogP contribution in [0.1, 0.15) is 30.5 Å². The highest BCUT2D eigenvalue weighted by atomic mass is 35.5. The Kier molecular flexibility index (Phi) is 7.49. The van der Waals surface area contributed by atoms with Crippen molar-refractivity contribution in [2.75, 3.05) is 31.2 Å². The summed E-state index contributed by atoms with van der Waals surface area (Å²) in [6, 6.07) is 14.9. The fourth-order valence-corrected chi connectivity index (χ4v) is 3.42. The first-order valence-electron chi connectivity index (χ1n) is 9.72. The number of carbonyl (C=O) groups excluding carboxylic acids is 2. The van der Waals surface area contributed by atoms with Gasteiger partial charge in [0, 0.05) is 37.3 Å². The van der Waals surface area contributed by atoms with Crippen LogP contribution in [0.2, 0.25) is 5.02 Å². The van der Waals surface area contributed by atoms with E-state index in [1.54, 1.807) is 12.1 Å². The monoisotopic (exact) mass is 415 g/mol. The zero-order valence-corrected chi connectivity index (χ0v) is 17.2. The van der Waals surface area contributed by atoms with Crippen LogP contribution in [0.25, 0.3) is 0 Å². The second-order valence-electron chi connectivity index (χ2n) is 7.05. The average molecular weight is 416 g/mol. The standard InChI is InChI=1S/C22H26ClN3O3/c1-16(27)25-21(18-4-6-19(23)7-5-18)14-22(28)24-15-17-2-8-20(9-3-17)26-10-12-29-13-11-26/h2-9,21H,10-15H2,1H3,(H,24,28)(H,25,27). The third-order valence-corrected chi connectivity index (χ3v) is 5.09. The van der Waals surface area contributed by atoms with Gasteiger partial charge in [-0.25, -0.2) is 0 Å². The van der Waals surface area contributed by atoms with E-state index < -0.39 is 6.04 Å². The number of carbonyl (C=O) groups is 2. The van der Waals surface area contributed by atoms with E-state index in [9.17, 15) is 9.59 Å². The summed E-state index contributed by atoms with van der Waals surface area (Å²) in [5.41, 5.74) is 3.03. The summed E-state index contributed by atoms with van der Waals surface area (Å²) in [4.78, 5) is 26.3. The third kappa shape index (κ3) is 6.48. The SMILES string of the molecule is CC(=O)NC(CC(=O)NCc1ccc(N2CCOCC2)cc1)c1ccc(Cl)cc1. The summed E-state index contributed by atoms with van der Waals surface area (Å²) >= 11 is 5.93. The highest BCUT2D eigenvalue weighted by molar-refractivity contribution is 6.30. The van der Waals surface area contributed by atoms with Crippen molar-refractivity contribution in [2.24, 2.45) is 0 Å². The van der Waals surface area contributed by atoms with E-state index in [0.717, 1.165) is 43.1 Å². The Labute approximate surface area is 176 Å². The van der Waals surface area contributed by atoms with E-state index in [2.05, 4.69) is 27.7 Å². The van der Waals surface area contributed by atoms with Crippen molar-refractivity contribution < 1.29 is 14.3 Å². The number of amides is 2. The van der Waals surface area contributed by atoms with E-state index >= 15 is 0 Å². The van der Waals surface area contributed by atoms with Gasteiger partial charge in [0.25, 0.3) is 0 Å². The van der Waals surface area contributed by atoms with Crippen molar-refractivity contribution in [3.8, 4) is 0 Å². The van der Waals surface area contributed by atoms with Gasteiger partial charge in [0.2, 0.25) is 11.8 Å². The summed E-state index contributed by atoms with van der Waals surface area (Å²) in [6.45, 7) is 5.17. The molecule has 2 aromatic rings. The summed E-state index contributed by atoms with van der Waals surface area (Å²) in [7, 11) is 0. The Morgan fingerprint density at radius 2 is 1.72 bits per heavy atom. The molecule has 1 saturated heterocycles. The maximum Gasteiger partial charge on any atom is 0.222 e. The molecule has 2 N–H and O–H groups in total. The second-order valence-corrected chi connectivity index (χ2v) is 7.49. The molecule has 0 aromatic heterocycles. The van der Waals surface area contributed by atoms with Gasteiger partial charge < -0.3 is 20.3 Å². The number of nitrogens with one attached hydrogen (secondary N) is 2. The summed E-state index contributed by atoms with van der Waals surface area (Å²) < 4.78 is 5.38. The highest BCUT2D eigenvalue weighted by Gasteiger charge is 2.17. The molecule has 0 radical (unpaired) electrons. The molecule has 1 unspecified atom stereocenters. The molecule has 1 heterocycles. The summed E-state index contributed by atoms with van der Waals surface area (Å²) in [5, 5.41) is 6.37. The average Bonchev–Trinajstić information content (AvgIpc) is 2.73. The normalized spacial score (nSPS) is 14.9. The molecule has 0 bridgehead atoms. The summed E-state index contributed by atoms with van der Waals surface area (Å²) in [6.07, 6.45) is 0.160. The summed E-state index contributed by atoms with van der Waals surface area (Å²) in [5.74, 6) is -0.313. The van der Waals surface area contributed by atoms with Crippen LogP contribution in [0, 0.1) is 0 Å². The van der Waals surface area contributed by atoms with E-state index in [1.807, 2.05) is 24.3 Å². The number of morpholine rings is 1. The minimum absolute atomic E-state index is 0.129. The molecule has 1 atom stereocenters. The molecule has 1 fully saturated rings. The van der Waals surface area contributed by atoms with Crippen molar-refractivity contribution >= 4 is 29.1 Å². The van der Waals surface area contributed by atoms with E-state index in [4.69, 9.17) is 16.3 Å². The van der Waals surface area contributed by atoms with E-state index in [1.165, 1.54) is 6.92 Å². The second kappa shape index (κ2) is 10.3. The van der Waals surface area contributed by atoms with Crippen LogP contribution in [0.5, 0.6) is 0 Å². The van der Waals surface area contributed by atoms with Crippen molar-refractivity contribution in [2.45, 2.75) is 25.9 Å². The molecule has 2 amide bonds. The van der Waals surface area contributed by atoms with Crippen LogP contribution >= 0.6 is 11.6 Å². The molecule has 1 aliphatic rings. The Morgan fingerprint density at radius 1 is 1.07 bits per heavy atom. The van der Waals surface area contributed by atoms with Crippen molar-refractivity contribution in [1.82, 2.24) is 10.6 Å². The molecular weight excluding hydrogens is 390 g/mol. The van der Waals surface area contributed by atoms with Crippen LogP contribution in [0.4, 0.5) is 5.69 Å². The lowest BCUT2D eigenvalue weighted by Crippen LogP contribution is -2.36. The number of rotatable bonds is 7. The van der Waals surface area contributed by atoms with Crippen molar-refractivity contribution in [3.63, 3.8) is 0 Å². The molecule has 3 rings (SSSR count). The van der Waals surface area contributed by atoms with Gasteiger partial charge in [0.15, 0.2) is 0 Å². The van der Waals surface area contributed by atoms with Gasteiger partial charge in [-0.3, -0.25) is 9.59 Å². The van der Waals surface area contributed by atoms with Gasteiger partial charge in [0.05, 0.1) is 25.7 Å². The van der Waals surface area contributed by atoms with Crippen molar-refractivity contribution in [3.05, 3.63) is 64.7 Å². The highest BCUT2D eigenvalue weighted by Crippen LogP contribution is 2.20. The van der Waals surface area contributed by atoms with Crippen molar-refractivity contribution in [1.29, 1.82) is 0 Å². The fraction of sp³-hybridized carbons (Fsp3) is 0.364. The molecule has 6 nitrogen and oxygen atoms in total. The molecule has 0 spiro atoms. The number of anilines is 1. The molecular formula is C22H26ClN3O3. The number of benzene rings is 2. The fourth-order valence-electron chi connectivity index (χ4n) is 3.30. The molecule has 0 aliphatic carbocycles. The van der Waals surface area contributed by atoms with Crippen LogP contribution in [-0.2, 0) is 20.9 Å². The zero-order valence-electron chi connectivity index (χ0n) is 16.5. The zero-order chi connectivity index (χ0) is 20.6. The van der Waals surface area contributed by atoms with Gasteiger partial charge >= 0.3 is 0 Å². The Balaban J connectivity index is 1.54. The van der Waals surface area contributed by atoms with E-state index in [-0.39, 0.29) is 18.2 Å². The predicted octanol–water partition coefficient (Wildman–Crippen LogP) is 3.06. The molecule has 7 heteroatoms. The Hall–Kier alpha value is -2.57. The first-order valence-corrected chi connectivity index (χ1v) is 10.1. The van der Waals surface area contributed by atoms with Crippen LogP contribution in [-0.4, -0.2) is 38.1 Å².